The van der Waals surface area contributed by atoms with Crippen molar-refractivity contribution in [3.05, 3.63) is 23.8 Å². The molecule has 2 N–H and O–H groups in total. The molecule has 0 aliphatic carbocycles. The van der Waals surface area contributed by atoms with E-state index < -0.39 is 0 Å². The first-order chi connectivity index (χ1) is 8.60. The highest BCUT2D eigenvalue weighted by molar-refractivity contribution is 5.38. The Morgan fingerprint density at radius 3 is 2.06 bits per heavy atom. The fourth-order valence-corrected chi connectivity index (χ4v) is 1.73. The molecule has 0 spiro atoms. The minimum Gasteiger partial charge on any atom is -0.497 e. The second kappa shape index (κ2) is 7.24. The van der Waals surface area contributed by atoms with E-state index in [1.165, 1.54) is 0 Å². The molecule has 102 valence electrons. The predicted octanol–water partition coefficient (Wildman–Crippen LogP) is 1.81. The van der Waals surface area contributed by atoms with E-state index in [9.17, 15) is 5.11 Å². The Hall–Kier alpha value is -1.26. The molecule has 0 bridgehead atoms. The zero-order chi connectivity index (χ0) is 13.5. The SMILES string of the molecule is COc1cc(CN[C@H](CO)C(C)C)cc(OC)c1. The third-order valence-corrected chi connectivity index (χ3v) is 2.98. The van der Waals surface area contributed by atoms with Crippen LogP contribution in [0.15, 0.2) is 18.2 Å². The molecule has 4 nitrogen and oxygen atoms in total. The number of aliphatic hydroxyl groups excluding tert-OH is 1. The number of aliphatic hydroxyl groups is 1. The number of benzene rings is 1. The van der Waals surface area contributed by atoms with Crippen LogP contribution >= 0.6 is 0 Å². The molecule has 0 heterocycles. The van der Waals surface area contributed by atoms with Gasteiger partial charge in [-0.15, -0.1) is 0 Å². The van der Waals surface area contributed by atoms with Crippen molar-refractivity contribution in [1.82, 2.24) is 5.32 Å². The minimum atomic E-state index is 0.0993. The molecule has 1 aromatic rings. The van der Waals surface area contributed by atoms with Crippen molar-refractivity contribution in [2.24, 2.45) is 5.92 Å². The van der Waals surface area contributed by atoms with Crippen LogP contribution in [0, 0.1) is 5.92 Å². The third-order valence-electron chi connectivity index (χ3n) is 2.98. The van der Waals surface area contributed by atoms with Crippen LogP contribution in [0.1, 0.15) is 19.4 Å². The first-order valence-corrected chi connectivity index (χ1v) is 6.17. The lowest BCUT2D eigenvalue weighted by Gasteiger charge is -2.20. The molecule has 0 aliphatic rings. The maximum Gasteiger partial charge on any atom is 0.122 e. The Morgan fingerprint density at radius 1 is 1.11 bits per heavy atom. The average molecular weight is 253 g/mol. The van der Waals surface area contributed by atoms with Crippen LogP contribution in [0.2, 0.25) is 0 Å². The molecule has 0 saturated heterocycles. The highest BCUT2D eigenvalue weighted by Crippen LogP contribution is 2.22. The van der Waals surface area contributed by atoms with E-state index in [4.69, 9.17) is 9.47 Å². The smallest absolute Gasteiger partial charge is 0.122 e. The first kappa shape index (κ1) is 14.8. The van der Waals surface area contributed by atoms with Gasteiger partial charge in [-0.3, -0.25) is 0 Å². The lowest BCUT2D eigenvalue weighted by molar-refractivity contribution is 0.210. The van der Waals surface area contributed by atoms with Gasteiger partial charge in [-0.1, -0.05) is 13.8 Å². The Morgan fingerprint density at radius 2 is 1.67 bits per heavy atom. The van der Waals surface area contributed by atoms with Crippen LogP contribution < -0.4 is 14.8 Å². The van der Waals surface area contributed by atoms with Gasteiger partial charge in [0.15, 0.2) is 0 Å². The standard InChI is InChI=1S/C14H23NO3/c1-10(2)14(9-16)15-8-11-5-12(17-3)7-13(6-11)18-4/h5-7,10,14-16H,8-9H2,1-4H3/t14-/m1/s1. The summed E-state index contributed by atoms with van der Waals surface area (Å²) < 4.78 is 10.4. The van der Waals surface area contributed by atoms with Gasteiger partial charge in [0, 0.05) is 18.7 Å². The van der Waals surface area contributed by atoms with E-state index in [0.717, 1.165) is 17.1 Å². The summed E-state index contributed by atoms with van der Waals surface area (Å²) in [5.74, 6) is 1.94. The van der Waals surface area contributed by atoms with E-state index in [-0.39, 0.29) is 12.6 Å². The number of methoxy groups -OCH3 is 2. The largest absolute Gasteiger partial charge is 0.497 e. The molecule has 1 rings (SSSR count). The summed E-state index contributed by atoms with van der Waals surface area (Å²) in [6.07, 6.45) is 0. The van der Waals surface area contributed by atoms with Gasteiger partial charge >= 0.3 is 0 Å². The lowest BCUT2D eigenvalue weighted by atomic mass is 10.0. The molecule has 4 heteroatoms. The number of nitrogens with one attached hydrogen (secondary N) is 1. The molecular formula is C14H23NO3. The molecular weight excluding hydrogens is 230 g/mol. The van der Waals surface area contributed by atoms with Gasteiger partial charge in [0.2, 0.25) is 0 Å². The van der Waals surface area contributed by atoms with Crippen molar-refractivity contribution in [3.63, 3.8) is 0 Å². The third kappa shape index (κ3) is 4.20. The molecule has 0 unspecified atom stereocenters. The molecule has 1 atom stereocenters. The van der Waals surface area contributed by atoms with Gasteiger partial charge in [0.1, 0.15) is 11.5 Å². The molecule has 0 aliphatic heterocycles. The molecule has 18 heavy (non-hydrogen) atoms. The molecule has 0 amide bonds. The topological polar surface area (TPSA) is 50.7 Å². The van der Waals surface area contributed by atoms with Crippen molar-refractivity contribution >= 4 is 0 Å². The van der Waals surface area contributed by atoms with Crippen molar-refractivity contribution in [2.75, 3.05) is 20.8 Å². The summed E-state index contributed by atoms with van der Waals surface area (Å²) in [7, 11) is 3.27. The quantitative estimate of drug-likeness (QED) is 0.778. The first-order valence-electron chi connectivity index (χ1n) is 6.17. The molecule has 0 aromatic heterocycles. The monoisotopic (exact) mass is 253 g/mol. The summed E-state index contributed by atoms with van der Waals surface area (Å²) in [4.78, 5) is 0. The highest BCUT2D eigenvalue weighted by atomic mass is 16.5. The fraction of sp³-hybridized carbons (Fsp3) is 0.571. The van der Waals surface area contributed by atoms with Gasteiger partial charge < -0.3 is 19.9 Å². The van der Waals surface area contributed by atoms with Crippen molar-refractivity contribution in [1.29, 1.82) is 0 Å². The molecule has 0 radical (unpaired) electrons. The van der Waals surface area contributed by atoms with Crippen LogP contribution in [0.5, 0.6) is 11.5 Å². The van der Waals surface area contributed by atoms with Gasteiger partial charge in [-0.2, -0.15) is 0 Å². The summed E-state index contributed by atoms with van der Waals surface area (Å²) >= 11 is 0. The van der Waals surface area contributed by atoms with Crippen LogP contribution in [0.4, 0.5) is 0 Å². The van der Waals surface area contributed by atoms with E-state index in [1.807, 2.05) is 18.2 Å². The van der Waals surface area contributed by atoms with Crippen molar-refractivity contribution < 1.29 is 14.6 Å². The van der Waals surface area contributed by atoms with Crippen molar-refractivity contribution in [3.8, 4) is 11.5 Å². The summed E-state index contributed by atoms with van der Waals surface area (Å²) in [6, 6.07) is 5.87. The van der Waals surface area contributed by atoms with E-state index >= 15 is 0 Å². The molecule has 0 saturated carbocycles. The zero-order valence-electron chi connectivity index (χ0n) is 11.6. The van der Waals surface area contributed by atoms with Crippen LogP contribution in [0.3, 0.4) is 0 Å². The van der Waals surface area contributed by atoms with Gasteiger partial charge in [0.25, 0.3) is 0 Å². The highest BCUT2D eigenvalue weighted by Gasteiger charge is 2.11. The van der Waals surface area contributed by atoms with Gasteiger partial charge in [0.05, 0.1) is 20.8 Å². The van der Waals surface area contributed by atoms with Crippen LogP contribution in [-0.2, 0) is 6.54 Å². The number of hydrogen-bond acceptors (Lipinski definition) is 4. The van der Waals surface area contributed by atoms with E-state index in [1.54, 1.807) is 14.2 Å². The summed E-state index contributed by atoms with van der Waals surface area (Å²) in [6.45, 7) is 4.98. The number of rotatable bonds is 7. The van der Waals surface area contributed by atoms with Crippen LogP contribution in [-0.4, -0.2) is 32.0 Å². The Labute approximate surface area is 109 Å². The average Bonchev–Trinajstić information content (AvgIpc) is 2.38. The maximum atomic E-state index is 9.26. The number of hydrogen-bond donors (Lipinski definition) is 2. The minimum absolute atomic E-state index is 0.0993. The zero-order valence-corrected chi connectivity index (χ0v) is 11.6. The summed E-state index contributed by atoms with van der Waals surface area (Å²) in [5.41, 5.74) is 1.07. The van der Waals surface area contributed by atoms with E-state index in [2.05, 4.69) is 19.2 Å². The van der Waals surface area contributed by atoms with Crippen molar-refractivity contribution in [2.45, 2.75) is 26.4 Å². The number of ether oxygens (including phenoxy) is 2. The second-order valence-electron chi connectivity index (χ2n) is 4.63. The second-order valence-corrected chi connectivity index (χ2v) is 4.63. The molecule has 0 fully saturated rings. The maximum absolute atomic E-state index is 9.26. The normalized spacial score (nSPS) is 12.6. The fourth-order valence-electron chi connectivity index (χ4n) is 1.73. The van der Waals surface area contributed by atoms with E-state index in [0.29, 0.717) is 12.5 Å². The summed E-state index contributed by atoms with van der Waals surface area (Å²) in [5, 5.41) is 12.6. The lowest BCUT2D eigenvalue weighted by Crippen LogP contribution is -2.36. The van der Waals surface area contributed by atoms with Crippen LogP contribution in [0.25, 0.3) is 0 Å². The van der Waals surface area contributed by atoms with Gasteiger partial charge in [-0.05, 0) is 23.6 Å². The Kier molecular flexibility index (Phi) is 5.95. The Balaban J connectivity index is 2.71. The van der Waals surface area contributed by atoms with Gasteiger partial charge in [-0.25, -0.2) is 0 Å². The Bertz CT molecular complexity index is 344. The predicted molar refractivity (Wildman–Crippen MR) is 72.1 cm³/mol. The molecule has 1 aromatic carbocycles.